The lowest BCUT2D eigenvalue weighted by atomic mass is 9.94. The fourth-order valence-corrected chi connectivity index (χ4v) is 1.87. The van der Waals surface area contributed by atoms with Crippen molar-refractivity contribution >= 4 is 11.7 Å². The molecule has 0 saturated heterocycles. The first-order valence-corrected chi connectivity index (χ1v) is 6.29. The highest BCUT2D eigenvalue weighted by molar-refractivity contribution is 5.75. The molecule has 0 spiro atoms. The van der Waals surface area contributed by atoms with Gasteiger partial charge in [-0.2, -0.15) is 0 Å². The Balaban J connectivity index is 0.000000686. The molecule has 1 unspecified atom stereocenters. The minimum atomic E-state index is -0.0977. The average Bonchev–Trinajstić information content (AvgIpc) is 2.41. The number of esters is 1. The highest BCUT2D eigenvalue weighted by Crippen LogP contribution is 2.24. The third-order valence-electron chi connectivity index (χ3n) is 2.64. The molecule has 0 fully saturated rings. The second-order valence-electron chi connectivity index (χ2n) is 3.69. The molecule has 3 heteroatoms. The van der Waals surface area contributed by atoms with Crippen LogP contribution < -0.4 is 5.32 Å². The lowest BCUT2D eigenvalue weighted by Crippen LogP contribution is -2.31. The minimum Gasteiger partial charge on any atom is -0.466 e. The molecule has 94 valence electrons. The van der Waals surface area contributed by atoms with Crippen molar-refractivity contribution in [3.05, 3.63) is 29.8 Å². The largest absolute Gasteiger partial charge is 0.466 e. The van der Waals surface area contributed by atoms with E-state index in [-0.39, 0.29) is 11.9 Å². The molecular formula is C14H21NO2. The van der Waals surface area contributed by atoms with E-state index in [0.717, 1.165) is 12.1 Å². The fraction of sp³-hybridized carbons (Fsp3) is 0.500. The van der Waals surface area contributed by atoms with E-state index in [2.05, 4.69) is 5.32 Å². The lowest BCUT2D eigenvalue weighted by molar-refractivity contribution is -0.147. The van der Waals surface area contributed by atoms with Gasteiger partial charge in [0, 0.05) is 12.2 Å². The van der Waals surface area contributed by atoms with Crippen molar-refractivity contribution in [2.24, 2.45) is 5.92 Å². The molecule has 17 heavy (non-hydrogen) atoms. The summed E-state index contributed by atoms with van der Waals surface area (Å²) in [5.41, 5.74) is 2.33. The number of rotatable bonds is 2. The standard InChI is InChI=1S/C12H15NO2.C2H6/c1-2-15-12(14)10-7-9-5-3-4-6-11(9)13-8-10;1-2/h3-6,10,13H,2,7-8H2,1H3;1-2H3. The van der Waals surface area contributed by atoms with E-state index in [1.165, 1.54) is 5.56 Å². The Labute approximate surface area is 103 Å². The number of benzene rings is 1. The first-order chi connectivity index (χ1) is 8.31. The van der Waals surface area contributed by atoms with E-state index in [0.29, 0.717) is 13.2 Å². The van der Waals surface area contributed by atoms with Crippen molar-refractivity contribution in [1.82, 2.24) is 0 Å². The summed E-state index contributed by atoms with van der Waals surface area (Å²) in [5.74, 6) is -0.139. The van der Waals surface area contributed by atoms with Gasteiger partial charge < -0.3 is 10.1 Å². The molecule has 2 rings (SSSR count). The second-order valence-corrected chi connectivity index (χ2v) is 3.69. The van der Waals surface area contributed by atoms with E-state index >= 15 is 0 Å². The molecule has 1 atom stereocenters. The molecule has 1 N–H and O–H groups in total. The Hall–Kier alpha value is -1.51. The Morgan fingerprint density at radius 1 is 1.41 bits per heavy atom. The number of nitrogens with one attached hydrogen (secondary N) is 1. The first-order valence-electron chi connectivity index (χ1n) is 6.29. The van der Waals surface area contributed by atoms with Crippen LogP contribution in [0.1, 0.15) is 26.3 Å². The van der Waals surface area contributed by atoms with Gasteiger partial charge in [0.1, 0.15) is 0 Å². The summed E-state index contributed by atoms with van der Waals surface area (Å²) in [6.07, 6.45) is 0.780. The van der Waals surface area contributed by atoms with Crippen LogP contribution in [0.5, 0.6) is 0 Å². The van der Waals surface area contributed by atoms with E-state index in [4.69, 9.17) is 4.74 Å². The van der Waals surface area contributed by atoms with Crippen LogP contribution in [0.2, 0.25) is 0 Å². The van der Waals surface area contributed by atoms with Crippen molar-refractivity contribution in [2.45, 2.75) is 27.2 Å². The highest BCUT2D eigenvalue weighted by atomic mass is 16.5. The summed E-state index contributed by atoms with van der Waals surface area (Å²) in [5, 5.41) is 3.25. The van der Waals surface area contributed by atoms with Crippen LogP contribution in [-0.2, 0) is 16.0 Å². The fourth-order valence-electron chi connectivity index (χ4n) is 1.87. The van der Waals surface area contributed by atoms with Crippen LogP contribution in [0.25, 0.3) is 0 Å². The van der Waals surface area contributed by atoms with E-state index in [1.807, 2.05) is 45.0 Å². The maximum atomic E-state index is 11.5. The van der Waals surface area contributed by atoms with Gasteiger partial charge in [-0.3, -0.25) is 4.79 Å². The van der Waals surface area contributed by atoms with E-state index < -0.39 is 0 Å². The number of fused-ring (bicyclic) bond motifs is 1. The zero-order chi connectivity index (χ0) is 12.7. The molecular weight excluding hydrogens is 214 g/mol. The van der Waals surface area contributed by atoms with Gasteiger partial charge in [-0.15, -0.1) is 0 Å². The molecule has 0 saturated carbocycles. The van der Waals surface area contributed by atoms with Gasteiger partial charge in [0.05, 0.1) is 12.5 Å². The predicted octanol–water partition coefficient (Wildman–Crippen LogP) is 2.86. The molecule has 1 aliphatic heterocycles. The predicted molar refractivity (Wildman–Crippen MR) is 70.1 cm³/mol. The van der Waals surface area contributed by atoms with Crippen molar-refractivity contribution in [3.8, 4) is 0 Å². The van der Waals surface area contributed by atoms with Gasteiger partial charge in [-0.25, -0.2) is 0 Å². The normalized spacial score (nSPS) is 17.0. The van der Waals surface area contributed by atoms with Crippen LogP contribution >= 0.6 is 0 Å². The van der Waals surface area contributed by atoms with Crippen molar-refractivity contribution in [1.29, 1.82) is 0 Å². The van der Waals surface area contributed by atoms with Gasteiger partial charge in [0.15, 0.2) is 0 Å². The zero-order valence-electron chi connectivity index (χ0n) is 10.8. The van der Waals surface area contributed by atoms with Crippen LogP contribution in [0.3, 0.4) is 0 Å². The monoisotopic (exact) mass is 235 g/mol. The maximum Gasteiger partial charge on any atom is 0.311 e. The summed E-state index contributed by atoms with van der Waals surface area (Å²) in [4.78, 5) is 11.5. The summed E-state index contributed by atoms with van der Waals surface area (Å²) < 4.78 is 5.02. The number of para-hydroxylation sites is 1. The van der Waals surface area contributed by atoms with Crippen molar-refractivity contribution < 1.29 is 9.53 Å². The Bertz CT molecular complexity index is 363. The molecule has 1 aliphatic rings. The minimum absolute atomic E-state index is 0.0418. The van der Waals surface area contributed by atoms with Crippen LogP contribution in [0.4, 0.5) is 5.69 Å². The van der Waals surface area contributed by atoms with Gasteiger partial charge in [-0.1, -0.05) is 32.0 Å². The molecule has 1 heterocycles. The molecule has 0 aromatic heterocycles. The number of carbonyl (C=O) groups excluding carboxylic acids is 1. The lowest BCUT2D eigenvalue weighted by Gasteiger charge is -2.24. The number of carbonyl (C=O) groups is 1. The number of anilines is 1. The van der Waals surface area contributed by atoms with Gasteiger partial charge >= 0.3 is 5.97 Å². The maximum absolute atomic E-state index is 11.5. The molecule has 3 nitrogen and oxygen atoms in total. The summed E-state index contributed by atoms with van der Waals surface area (Å²) in [6, 6.07) is 8.08. The smallest absolute Gasteiger partial charge is 0.311 e. The Kier molecular flexibility index (Phi) is 5.53. The number of ether oxygens (including phenoxy) is 1. The third kappa shape index (κ3) is 3.48. The average molecular weight is 235 g/mol. The van der Waals surface area contributed by atoms with E-state index in [1.54, 1.807) is 0 Å². The molecule has 1 aromatic carbocycles. The molecule has 0 aliphatic carbocycles. The SMILES string of the molecule is CC.CCOC(=O)C1CNc2ccccc2C1. The van der Waals surface area contributed by atoms with E-state index in [9.17, 15) is 4.79 Å². The summed E-state index contributed by atoms with van der Waals surface area (Å²) >= 11 is 0. The number of hydrogen-bond acceptors (Lipinski definition) is 3. The zero-order valence-corrected chi connectivity index (χ0v) is 10.8. The molecule has 0 radical (unpaired) electrons. The quantitative estimate of drug-likeness (QED) is 0.801. The Morgan fingerprint density at radius 2 is 2.12 bits per heavy atom. The van der Waals surface area contributed by atoms with Crippen molar-refractivity contribution in [3.63, 3.8) is 0 Å². The molecule has 0 bridgehead atoms. The van der Waals surface area contributed by atoms with Crippen LogP contribution in [-0.4, -0.2) is 19.1 Å². The first kappa shape index (κ1) is 13.6. The third-order valence-corrected chi connectivity index (χ3v) is 2.64. The van der Waals surface area contributed by atoms with Gasteiger partial charge in [-0.05, 0) is 25.0 Å². The summed E-state index contributed by atoms with van der Waals surface area (Å²) in [7, 11) is 0. The van der Waals surface area contributed by atoms with Crippen molar-refractivity contribution in [2.75, 3.05) is 18.5 Å². The number of hydrogen-bond donors (Lipinski definition) is 1. The topological polar surface area (TPSA) is 38.3 Å². The highest BCUT2D eigenvalue weighted by Gasteiger charge is 2.24. The molecule has 1 aromatic rings. The van der Waals surface area contributed by atoms with Gasteiger partial charge in [0.2, 0.25) is 0 Å². The molecule has 0 amide bonds. The summed E-state index contributed by atoms with van der Waals surface area (Å²) in [6.45, 7) is 6.97. The second kappa shape index (κ2) is 6.94. The van der Waals surface area contributed by atoms with Crippen LogP contribution in [0.15, 0.2) is 24.3 Å². The van der Waals surface area contributed by atoms with Gasteiger partial charge in [0.25, 0.3) is 0 Å². The Morgan fingerprint density at radius 3 is 2.82 bits per heavy atom. The van der Waals surface area contributed by atoms with Crippen LogP contribution in [0, 0.1) is 5.92 Å².